The molecule has 2 rings (SSSR count). The van der Waals surface area contributed by atoms with Crippen molar-refractivity contribution in [3.05, 3.63) is 43.8 Å². The first-order valence-corrected chi connectivity index (χ1v) is 7.30. The average molecular weight is 332 g/mol. The second-order valence-electron chi connectivity index (χ2n) is 3.59. The largest absolute Gasteiger partial charge is 0.380 e. The summed E-state index contributed by atoms with van der Waals surface area (Å²) in [6.07, 6.45) is 2.82. The molecule has 0 bridgehead atoms. The Labute approximate surface area is 118 Å². The molecule has 0 saturated heterocycles. The highest BCUT2D eigenvalue weighted by Gasteiger charge is 2.03. The number of halogens is 2. The molecule has 2 aromatic rings. The van der Waals surface area contributed by atoms with Crippen LogP contribution in [0.5, 0.6) is 0 Å². The lowest BCUT2D eigenvalue weighted by Crippen LogP contribution is -2.00. The Morgan fingerprint density at radius 1 is 1.47 bits per heavy atom. The maximum Gasteiger partial charge on any atom is 0.183 e. The summed E-state index contributed by atoms with van der Waals surface area (Å²) in [4.78, 5) is 5.16. The molecule has 1 aromatic carbocycles. The monoisotopic (exact) mass is 330 g/mol. The zero-order valence-electron chi connectivity index (χ0n) is 9.34. The van der Waals surface area contributed by atoms with Crippen molar-refractivity contribution in [3.63, 3.8) is 0 Å². The molecule has 17 heavy (non-hydrogen) atoms. The summed E-state index contributed by atoms with van der Waals surface area (Å²) >= 11 is 10.8. The summed E-state index contributed by atoms with van der Waals surface area (Å²) in [6, 6.07) is 6.29. The number of rotatable bonds is 4. The third-order valence-corrected chi connectivity index (χ3v) is 4.04. The van der Waals surface area contributed by atoms with Gasteiger partial charge in [0.25, 0.3) is 0 Å². The van der Waals surface area contributed by atoms with Crippen LogP contribution in [0, 0.1) is 0 Å². The van der Waals surface area contributed by atoms with E-state index >= 15 is 0 Å². The molecular formula is C12H12BrClN2S. The van der Waals surface area contributed by atoms with Crippen LogP contribution in [0.4, 0.5) is 5.69 Å². The van der Waals surface area contributed by atoms with Crippen LogP contribution < -0.4 is 5.32 Å². The van der Waals surface area contributed by atoms with Gasteiger partial charge in [0.05, 0.1) is 6.54 Å². The number of nitrogens with one attached hydrogen (secondary N) is 1. The van der Waals surface area contributed by atoms with Crippen LogP contribution in [0.25, 0.3) is 0 Å². The Bertz CT molecular complexity index is 513. The van der Waals surface area contributed by atoms with E-state index in [0.29, 0.717) is 4.47 Å². The van der Waals surface area contributed by atoms with Crippen LogP contribution in [0.15, 0.2) is 28.9 Å². The Morgan fingerprint density at radius 2 is 2.29 bits per heavy atom. The van der Waals surface area contributed by atoms with Gasteiger partial charge in [0.1, 0.15) is 0 Å². The predicted octanol–water partition coefficient (Wildman–Crippen LogP) is 4.73. The Balaban J connectivity index is 2.10. The lowest BCUT2D eigenvalue weighted by molar-refractivity contribution is 1.10. The van der Waals surface area contributed by atoms with E-state index in [0.717, 1.165) is 28.0 Å². The fourth-order valence-corrected chi connectivity index (χ4v) is 2.85. The van der Waals surface area contributed by atoms with Crippen molar-refractivity contribution in [3.8, 4) is 0 Å². The number of thiazole rings is 1. The maximum absolute atomic E-state index is 5.80. The summed E-state index contributed by atoms with van der Waals surface area (Å²) < 4.78 is 1.67. The van der Waals surface area contributed by atoms with Crippen molar-refractivity contribution in [2.45, 2.75) is 19.9 Å². The van der Waals surface area contributed by atoms with Crippen LogP contribution >= 0.6 is 38.9 Å². The van der Waals surface area contributed by atoms with Gasteiger partial charge in [-0.15, -0.1) is 11.3 Å². The standard InChI is InChI=1S/C12H12BrClN2S/c1-2-8-3-4-9(13)5-11(8)15-6-10-7-16-12(14)17-10/h3-5,7,15H,2,6H2,1H3. The molecule has 0 aliphatic rings. The van der Waals surface area contributed by atoms with Gasteiger partial charge >= 0.3 is 0 Å². The molecule has 1 heterocycles. The molecular weight excluding hydrogens is 320 g/mol. The molecule has 0 amide bonds. The van der Waals surface area contributed by atoms with Crippen molar-refractivity contribution in [2.24, 2.45) is 0 Å². The molecule has 0 aliphatic heterocycles. The molecule has 0 aliphatic carbocycles. The number of aromatic nitrogens is 1. The molecule has 0 radical (unpaired) electrons. The van der Waals surface area contributed by atoms with E-state index in [1.165, 1.54) is 16.9 Å². The van der Waals surface area contributed by atoms with E-state index in [9.17, 15) is 0 Å². The molecule has 90 valence electrons. The number of anilines is 1. The van der Waals surface area contributed by atoms with Crippen molar-refractivity contribution in [2.75, 3.05) is 5.32 Å². The molecule has 1 N–H and O–H groups in total. The predicted molar refractivity (Wildman–Crippen MR) is 78.0 cm³/mol. The third kappa shape index (κ3) is 3.44. The summed E-state index contributed by atoms with van der Waals surface area (Å²) in [6.45, 7) is 2.91. The molecule has 0 spiro atoms. The van der Waals surface area contributed by atoms with Gasteiger partial charge < -0.3 is 5.32 Å². The zero-order chi connectivity index (χ0) is 12.3. The van der Waals surface area contributed by atoms with Crippen LogP contribution in [0.1, 0.15) is 17.4 Å². The normalized spacial score (nSPS) is 10.5. The van der Waals surface area contributed by atoms with E-state index in [1.54, 1.807) is 0 Å². The third-order valence-electron chi connectivity index (χ3n) is 2.43. The van der Waals surface area contributed by atoms with Gasteiger partial charge in [-0.05, 0) is 24.1 Å². The van der Waals surface area contributed by atoms with E-state index in [2.05, 4.69) is 51.4 Å². The number of hydrogen-bond donors (Lipinski definition) is 1. The maximum atomic E-state index is 5.80. The topological polar surface area (TPSA) is 24.9 Å². The summed E-state index contributed by atoms with van der Waals surface area (Å²) in [5.41, 5.74) is 2.47. The van der Waals surface area contributed by atoms with Gasteiger partial charge in [-0.2, -0.15) is 0 Å². The van der Waals surface area contributed by atoms with Gasteiger partial charge in [0.15, 0.2) is 4.47 Å². The first-order chi connectivity index (χ1) is 8.19. The van der Waals surface area contributed by atoms with E-state index < -0.39 is 0 Å². The van der Waals surface area contributed by atoms with E-state index in [-0.39, 0.29) is 0 Å². The first-order valence-electron chi connectivity index (χ1n) is 5.31. The Hall–Kier alpha value is -0.580. The van der Waals surface area contributed by atoms with E-state index in [4.69, 9.17) is 11.6 Å². The SMILES string of the molecule is CCc1ccc(Br)cc1NCc1cnc(Cl)s1. The highest BCUT2D eigenvalue weighted by molar-refractivity contribution is 9.10. The Kier molecular flexibility index (Phi) is 4.42. The van der Waals surface area contributed by atoms with Gasteiger partial charge in [0.2, 0.25) is 0 Å². The minimum atomic E-state index is 0.590. The molecule has 5 heteroatoms. The molecule has 0 atom stereocenters. The lowest BCUT2D eigenvalue weighted by atomic mass is 10.1. The van der Waals surface area contributed by atoms with Crippen molar-refractivity contribution < 1.29 is 0 Å². The van der Waals surface area contributed by atoms with E-state index in [1.807, 2.05) is 6.20 Å². The summed E-state index contributed by atoms with van der Waals surface area (Å²) in [5, 5.41) is 3.42. The van der Waals surface area contributed by atoms with Gasteiger partial charge in [0, 0.05) is 21.2 Å². The fraction of sp³-hybridized carbons (Fsp3) is 0.250. The number of hydrogen-bond acceptors (Lipinski definition) is 3. The number of nitrogens with zero attached hydrogens (tertiary/aromatic N) is 1. The lowest BCUT2D eigenvalue weighted by Gasteiger charge is -2.10. The molecule has 0 unspecified atom stereocenters. The number of benzene rings is 1. The minimum absolute atomic E-state index is 0.590. The molecule has 2 nitrogen and oxygen atoms in total. The minimum Gasteiger partial charge on any atom is -0.380 e. The highest BCUT2D eigenvalue weighted by Crippen LogP contribution is 2.24. The molecule has 0 fully saturated rings. The highest BCUT2D eigenvalue weighted by atomic mass is 79.9. The smallest absolute Gasteiger partial charge is 0.183 e. The molecule has 1 aromatic heterocycles. The number of aryl methyl sites for hydroxylation is 1. The van der Waals surface area contributed by atoms with Crippen LogP contribution in [-0.4, -0.2) is 4.98 Å². The summed E-state index contributed by atoms with van der Waals surface area (Å²) in [5.74, 6) is 0. The molecule has 0 saturated carbocycles. The van der Waals surface area contributed by atoms with Gasteiger partial charge in [-0.1, -0.05) is 40.5 Å². The Morgan fingerprint density at radius 3 is 2.94 bits per heavy atom. The van der Waals surface area contributed by atoms with Crippen LogP contribution in [0.3, 0.4) is 0 Å². The summed E-state index contributed by atoms with van der Waals surface area (Å²) in [7, 11) is 0. The van der Waals surface area contributed by atoms with Gasteiger partial charge in [-0.3, -0.25) is 0 Å². The average Bonchev–Trinajstić information content (AvgIpc) is 2.73. The zero-order valence-corrected chi connectivity index (χ0v) is 12.5. The van der Waals surface area contributed by atoms with Crippen molar-refractivity contribution >= 4 is 44.6 Å². The fourth-order valence-electron chi connectivity index (χ4n) is 1.57. The first kappa shape index (κ1) is 12.9. The second-order valence-corrected chi connectivity index (χ2v) is 6.20. The van der Waals surface area contributed by atoms with Gasteiger partial charge in [-0.25, -0.2) is 4.98 Å². The van der Waals surface area contributed by atoms with Crippen LogP contribution in [-0.2, 0) is 13.0 Å². The second kappa shape index (κ2) is 5.85. The quantitative estimate of drug-likeness (QED) is 0.875. The van der Waals surface area contributed by atoms with Crippen molar-refractivity contribution in [1.82, 2.24) is 4.98 Å². The van der Waals surface area contributed by atoms with Crippen molar-refractivity contribution in [1.29, 1.82) is 0 Å². The van der Waals surface area contributed by atoms with Crippen LogP contribution in [0.2, 0.25) is 4.47 Å².